The van der Waals surface area contributed by atoms with Crippen LogP contribution in [0.15, 0.2) is 11.4 Å². The van der Waals surface area contributed by atoms with Crippen LogP contribution < -0.4 is 10.6 Å². The van der Waals surface area contributed by atoms with Crippen LogP contribution in [0, 0.1) is 0 Å². The molecule has 62 heavy (non-hydrogen) atoms. The third-order valence-electron chi connectivity index (χ3n) is 12.4. The second-order valence-electron chi connectivity index (χ2n) is 18.2. The highest BCUT2D eigenvalue weighted by Gasteiger charge is 2.16. The van der Waals surface area contributed by atoms with Gasteiger partial charge in [-0.15, -0.1) is 0 Å². The van der Waals surface area contributed by atoms with Gasteiger partial charge in [-0.25, -0.2) is 0 Å². The van der Waals surface area contributed by atoms with E-state index in [-0.39, 0.29) is 29.9 Å². The summed E-state index contributed by atoms with van der Waals surface area (Å²) in [6.07, 6.45) is 40.1. The van der Waals surface area contributed by atoms with Gasteiger partial charge in [0.1, 0.15) is 23.6 Å². The van der Waals surface area contributed by atoms with Gasteiger partial charge in [-0.3, -0.25) is 19.2 Å². The Balaban J connectivity index is 4.73. The molecule has 0 saturated heterocycles. The highest BCUT2D eigenvalue weighted by atomic mass is 16.5. The first kappa shape index (κ1) is 59.6. The Hall–Kier alpha value is -2.42. The maximum atomic E-state index is 12.9. The number of esters is 2. The SMILES string of the molecule is CCCCCCCCC(CC)OC(=O)CCCCCCCN(CCCCCCCC(=O)OC(CCCCCCCC)CCCCCCCC)CCCN/C(C=O)=C(\NC)C(C)=O. The van der Waals surface area contributed by atoms with Crippen LogP contribution in [-0.4, -0.2) is 74.3 Å². The second kappa shape index (κ2) is 45.2. The van der Waals surface area contributed by atoms with Crippen molar-refractivity contribution in [1.29, 1.82) is 0 Å². The molecule has 1 unspecified atom stereocenters. The largest absolute Gasteiger partial charge is 0.462 e. The van der Waals surface area contributed by atoms with E-state index in [0.29, 0.717) is 37.1 Å². The number of carbonyl (C=O) groups is 4. The zero-order valence-corrected chi connectivity index (χ0v) is 41.7. The standard InChI is InChI=1S/C53H101N3O6/c1-7-11-14-17-22-29-37-48(10-4)61-51(59)40-32-25-20-27-34-43-56(45-36-42-55-50(46-57)53(54-6)47(5)58)44-35-28-21-26-33-41-52(60)62-49(38-30-23-18-15-12-8-2)39-31-24-19-16-13-9-3/h46,48-49,54-55H,7-45H2,1-6H3/b53-50-. The molecule has 9 nitrogen and oxygen atoms in total. The monoisotopic (exact) mass is 876 g/mol. The second-order valence-corrected chi connectivity index (χ2v) is 18.2. The molecule has 0 heterocycles. The van der Waals surface area contributed by atoms with Crippen LogP contribution >= 0.6 is 0 Å². The van der Waals surface area contributed by atoms with Crippen LogP contribution in [0.5, 0.6) is 0 Å². The first-order valence-electron chi connectivity index (χ1n) is 26.5. The van der Waals surface area contributed by atoms with Crippen molar-refractivity contribution >= 4 is 24.0 Å². The molecular formula is C53H101N3O6. The molecule has 0 aromatic carbocycles. The minimum Gasteiger partial charge on any atom is -0.462 e. The maximum Gasteiger partial charge on any atom is 0.306 e. The van der Waals surface area contributed by atoms with Gasteiger partial charge in [-0.05, 0) is 96.7 Å². The summed E-state index contributed by atoms with van der Waals surface area (Å²) in [5.41, 5.74) is 0.631. The predicted molar refractivity (Wildman–Crippen MR) is 261 cm³/mol. The summed E-state index contributed by atoms with van der Waals surface area (Å²) >= 11 is 0. The Labute approximate surface area is 383 Å². The Morgan fingerprint density at radius 1 is 0.500 bits per heavy atom. The van der Waals surface area contributed by atoms with Crippen LogP contribution in [0.3, 0.4) is 0 Å². The smallest absolute Gasteiger partial charge is 0.306 e. The Kier molecular flexibility index (Phi) is 43.4. The molecule has 0 bridgehead atoms. The van der Waals surface area contributed by atoms with Gasteiger partial charge in [0.2, 0.25) is 0 Å². The van der Waals surface area contributed by atoms with Gasteiger partial charge >= 0.3 is 11.9 Å². The van der Waals surface area contributed by atoms with E-state index in [1.54, 1.807) is 7.05 Å². The summed E-state index contributed by atoms with van der Waals surface area (Å²) < 4.78 is 11.9. The van der Waals surface area contributed by atoms with Gasteiger partial charge in [-0.1, -0.05) is 163 Å². The summed E-state index contributed by atoms with van der Waals surface area (Å²) in [5.74, 6) is -0.206. The molecule has 2 N–H and O–H groups in total. The number of Topliss-reactive ketones (excluding diaryl/α,β-unsaturated/α-hetero) is 1. The van der Waals surface area contributed by atoms with Crippen molar-refractivity contribution in [2.24, 2.45) is 0 Å². The van der Waals surface area contributed by atoms with E-state index in [4.69, 9.17) is 9.47 Å². The highest BCUT2D eigenvalue weighted by molar-refractivity contribution is 5.97. The van der Waals surface area contributed by atoms with E-state index in [1.165, 1.54) is 103 Å². The quantitative estimate of drug-likeness (QED) is 0.0267. The van der Waals surface area contributed by atoms with Crippen LogP contribution in [0.1, 0.15) is 259 Å². The van der Waals surface area contributed by atoms with Crippen LogP contribution in [0.4, 0.5) is 0 Å². The fourth-order valence-electron chi connectivity index (χ4n) is 8.38. The Morgan fingerprint density at radius 3 is 1.27 bits per heavy atom. The van der Waals surface area contributed by atoms with E-state index in [0.717, 1.165) is 135 Å². The number of nitrogens with one attached hydrogen (secondary N) is 2. The predicted octanol–water partition coefficient (Wildman–Crippen LogP) is 13.7. The van der Waals surface area contributed by atoms with Crippen molar-refractivity contribution in [1.82, 2.24) is 15.5 Å². The molecule has 364 valence electrons. The lowest BCUT2D eigenvalue weighted by atomic mass is 10.0. The molecular weight excluding hydrogens is 775 g/mol. The van der Waals surface area contributed by atoms with Crippen molar-refractivity contribution in [3.8, 4) is 0 Å². The summed E-state index contributed by atoms with van der Waals surface area (Å²) in [4.78, 5) is 51.5. The van der Waals surface area contributed by atoms with E-state index in [1.807, 2.05) is 0 Å². The first-order chi connectivity index (χ1) is 30.3. The number of carbonyl (C=O) groups excluding carboxylic acids is 4. The number of hydrogen-bond acceptors (Lipinski definition) is 9. The Morgan fingerprint density at radius 2 is 0.871 bits per heavy atom. The summed E-state index contributed by atoms with van der Waals surface area (Å²) in [7, 11) is 1.66. The van der Waals surface area contributed by atoms with Gasteiger partial charge in [0, 0.05) is 33.4 Å². The van der Waals surface area contributed by atoms with Crippen LogP contribution in [0.25, 0.3) is 0 Å². The molecule has 0 aliphatic carbocycles. The number of nitrogens with zero attached hydrogens (tertiary/aromatic N) is 1. The van der Waals surface area contributed by atoms with E-state index in [2.05, 4.69) is 43.2 Å². The lowest BCUT2D eigenvalue weighted by Gasteiger charge is -2.23. The fraction of sp³-hybridized carbons (Fsp3) is 0.887. The molecule has 1 atom stereocenters. The Bertz CT molecular complexity index is 1080. The van der Waals surface area contributed by atoms with Crippen molar-refractivity contribution in [3.05, 3.63) is 11.4 Å². The molecule has 0 saturated carbocycles. The molecule has 9 heteroatoms. The number of aldehydes is 1. The minimum atomic E-state index is -0.164. The van der Waals surface area contributed by atoms with Gasteiger partial charge in [0.05, 0.1) is 0 Å². The third-order valence-corrected chi connectivity index (χ3v) is 12.4. The fourth-order valence-corrected chi connectivity index (χ4v) is 8.38. The van der Waals surface area contributed by atoms with Crippen molar-refractivity contribution in [3.63, 3.8) is 0 Å². The van der Waals surface area contributed by atoms with Gasteiger partial charge < -0.3 is 25.0 Å². The van der Waals surface area contributed by atoms with Crippen LogP contribution in [0.2, 0.25) is 0 Å². The molecule has 0 amide bonds. The number of allylic oxidation sites excluding steroid dienone is 2. The molecule has 0 aromatic heterocycles. The van der Waals surface area contributed by atoms with E-state index >= 15 is 0 Å². The lowest BCUT2D eigenvalue weighted by molar-refractivity contribution is -0.150. The number of unbranched alkanes of at least 4 members (excludes halogenated alkanes) is 23. The topological polar surface area (TPSA) is 114 Å². The number of likely N-dealkylation sites (N-methyl/N-ethyl adjacent to an activating group) is 1. The maximum absolute atomic E-state index is 12.9. The van der Waals surface area contributed by atoms with Crippen molar-refractivity contribution in [2.45, 2.75) is 272 Å². The van der Waals surface area contributed by atoms with Gasteiger partial charge in [-0.2, -0.15) is 0 Å². The molecule has 0 spiro atoms. The summed E-state index contributed by atoms with van der Waals surface area (Å²) in [5, 5.41) is 6.01. The zero-order valence-electron chi connectivity index (χ0n) is 41.7. The highest BCUT2D eigenvalue weighted by Crippen LogP contribution is 2.19. The number of ketones is 1. The van der Waals surface area contributed by atoms with Crippen molar-refractivity contribution < 1.29 is 28.7 Å². The van der Waals surface area contributed by atoms with Gasteiger partial charge in [0.15, 0.2) is 12.1 Å². The lowest BCUT2D eigenvalue weighted by Crippen LogP contribution is -2.31. The van der Waals surface area contributed by atoms with Crippen molar-refractivity contribution in [2.75, 3.05) is 33.2 Å². The number of rotatable bonds is 48. The summed E-state index contributed by atoms with van der Waals surface area (Å²) in [6, 6.07) is 0. The minimum absolute atomic E-state index is 0.00617. The van der Waals surface area contributed by atoms with E-state index < -0.39 is 0 Å². The van der Waals surface area contributed by atoms with Gasteiger partial charge in [0.25, 0.3) is 0 Å². The first-order valence-corrected chi connectivity index (χ1v) is 26.5. The number of ether oxygens (including phenoxy) is 2. The van der Waals surface area contributed by atoms with E-state index in [9.17, 15) is 19.2 Å². The normalized spacial score (nSPS) is 12.4. The summed E-state index contributed by atoms with van der Waals surface area (Å²) in [6.45, 7) is 13.9. The molecule has 0 fully saturated rings. The number of hydrogen-bond donors (Lipinski definition) is 2. The average Bonchev–Trinajstić information content (AvgIpc) is 3.26. The molecule has 0 aliphatic heterocycles. The molecule has 0 rings (SSSR count). The molecule has 0 aliphatic rings. The molecule has 0 radical (unpaired) electrons. The van der Waals surface area contributed by atoms with Crippen LogP contribution in [-0.2, 0) is 28.7 Å². The average molecular weight is 876 g/mol. The zero-order chi connectivity index (χ0) is 45.7. The third kappa shape index (κ3) is 37.0. The molecule has 0 aromatic rings.